The van der Waals surface area contributed by atoms with E-state index in [-0.39, 0.29) is 27.7 Å². The molecule has 0 spiro atoms. The van der Waals surface area contributed by atoms with E-state index in [1.165, 1.54) is 6.20 Å². The van der Waals surface area contributed by atoms with Crippen molar-refractivity contribution in [2.24, 2.45) is 5.92 Å². The van der Waals surface area contributed by atoms with Crippen LogP contribution in [0.2, 0.25) is 0 Å². The summed E-state index contributed by atoms with van der Waals surface area (Å²) in [6.45, 7) is 4.41. The highest BCUT2D eigenvalue weighted by Crippen LogP contribution is 2.37. The molecule has 1 aromatic heterocycles. The Hall–Kier alpha value is -1.43. The Bertz CT molecular complexity index is 929. The van der Waals surface area contributed by atoms with E-state index in [2.05, 4.69) is 20.9 Å². The second-order valence-corrected chi connectivity index (χ2v) is 9.19. The summed E-state index contributed by atoms with van der Waals surface area (Å²) in [5.41, 5.74) is -0.976. The molecule has 2 aromatic rings. The minimum absolute atomic E-state index is 0.146. The third-order valence-corrected chi connectivity index (χ3v) is 6.86. The van der Waals surface area contributed by atoms with Crippen molar-refractivity contribution in [1.29, 1.82) is 0 Å². The van der Waals surface area contributed by atoms with Crippen LogP contribution in [0.25, 0.3) is 0 Å². The lowest BCUT2D eigenvalue weighted by Gasteiger charge is -2.31. The Morgan fingerprint density at radius 1 is 1.32 bits per heavy atom. The summed E-state index contributed by atoms with van der Waals surface area (Å²) in [5, 5.41) is 9.43. The lowest BCUT2D eigenvalue weighted by atomic mass is 10.0. The molecule has 2 rings (SSSR count). The van der Waals surface area contributed by atoms with Crippen LogP contribution in [0, 0.1) is 12.8 Å². The minimum Gasteiger partial charge on any atom is -0.444 e. The fourth-order valence-electron chi connectivity index (χ4n) is 2.77. The number of hydrogen-bond donors (Lipinski definition) is 1. The highest BCUT2D eigenvalue weighted by atomic mass is 79.9. The molecule has 1 unspecified atom stereocenters. The number of alkyl halides is 3. The van der Waals surface area contributed by atoms with Crippen LogP contribution in [0.1, 0.15) is 37.1 Å². The number of aromatic nitrogens is 1. The average molecular weight is 485 g/mol. The van der Waals surface area contributed by atoms with Crippen molar-refractivity contribution in [3.05, 3.63) is 46.1 Å². The summed E-state index contributed by atoms with van der Waals surface area (Å²) in [6, 6.07) is 1.46. The summed E-state index contributed by atoms with van der Waals surface area (Å²) in [7, 11) is -4.28. The molecule has 0 saturated carbocycles. The lowest BCUT2D eigenvalue weighted by Crippen LogP contribution is -2.39. The fraction of sp³-hybridized carbons (Fsp3) is 0.471. The molecule has 0 amide bonds. The van der Waals surface area contributed by atoms with E-state index in [1.807, 2.05) is 0 Å². The Morgan fingerprint density at radius 2 is 1.96 bits per heavy atom. The summed E-state index contributed by atoms with van der Waals surface area (Å²) in [6.07, 6.45) is -3.16. The van der Waals surface area contributed by atoms with Gasteiger partial charge in [-0.2, -0.15) is 17.5 Å². The number of aliphatic hydroxyl groups is 1. The van der Waals surface area contributed by atoms with E-state index >= 15 is 0 Å². The van der Waals surface area contributed by atoms with Crippen molar-refractivity contribution in [2.45, 2.75) is 37.9 Å². The zero-order valence-corrected chi connectivity index (χ0v) is 17.8. The van der Waals surface area contributed by atoms with Gasteiger partial charge in [0.25, 0.3) is 0 Å². The van der Waals surface area contributed by atoms with Gasteiger partial charge in [-0.3, -0.25) is 0 Å². The predicted octanol–water partition coefficient (Wildman–Crippen LogP) is 4.14. The molecule has 1 atom stereocenters. The van der Waals surface area contributed by atoms with Crippen LogP contribution in [-0.4, -0.2) is 36.0 Å². The maximum atomic E-state index is 13.3. The number of hydrogen-bond acceptors (Lipinski definition) is 5. The third kappa shape index (κ3) is 4.76. The number of benzene rings is 1. The third-order valence-electron chi connectivity index (χ3n) is 4.00. The Kier molecular flexibility index (Phi) is 6.95. The van der Waals surface area contributed by atoms with E-state index in [9.17, 15) is 26.7 Å². The molecule has 1 aromatic carbocycles. The van der Waals surface area contributed by atoms with Gasteiger partial charge >= 0.3 is 6.18 Å². The van der Waals surface area contributed by atoms with Crippen molar-refractivity contribution < 1.29 is 31.1 Å². The molecular formula is C17H20BrF3N2O4S. The van der Waals surface area contributed by atoms with Crippen LogP contribution in [0.4, 0.5) is 13.2 Å². The summed E-state index contributed by atoms with van der Waals surface area (Å²) in [4.78, 5) is 3.76. The first-order chi connectivity index (χ1) is 12.9. The van der Waals surface area contributed by atoms with Crippen molar-refractivity contribution in [2.75, 3.05) is 13.2 Å². The van der Waals surface area contributed by atoms with Crippen LogP contribution < -0.4 is 0 Å². The molecular weight excluding hydrogens is 465 g/mol. The van der Waals surface area contributed by atoms with Crippen molar-refractivity contribution in [1.82, 2.24) is 9.29 Å². The molecule has 0 saturated heterocycles. The molecule has 1 N–H and O–H groups in total. The number of oxazole rings is 1. The molecule has 28 heavy (non-hydrogen) atoms. The Labute approximate surface area is 169 Å². The molecule has 0 fully saturated rings. The molecule has 0 bridgehead atoms. The molecule has 0 aliphatic rings. The standard InChI is InChI=1S/C17H20BrF3N2O4S/c1-10(2)15(16-22-9-11(3)27-16)23(6-7-24)28(25,26)14-5-4-12(8-13(14)18)17(19,20)21/h4-5,8-10,15,24H,6-7H2,1-3H3. The van der Waals surface area contributed by atoms with Crippen LogP contribution in [-0.2, 0) is 16.2 Å². The number of rotatable bonds is 7. The highest BCUT2D eigenvalue weighted by Gasteiger charge is 2.39. The zero-order chi connectivity index (χ0) is 21.3. The molecule has 1 heterocycles. The molecule has 156 valence electrons. The molecule has 11 heteroatoms. The van der Waals surface area contributed by atoms with Gasteiger partial charge < -0.3 is 9.52 Å². The minimum atomic E-state index is -4.61. The number of aliphatic hydroxyl groups excluding tert-OH is 1. The zero-order valence-electron chi connectivity index (χ0n) is 15.4. The number of sulfonamides is 1. The monoisotopic (exact) mass is 484 g/mol. The van der Waals surface area contributed by atoms with Crippen molar-refractivity contribution >= 4 is 26.0 Å². The summed E-state index contributed by atoms with van der Waals surface area (Å²) < 4.78 is 71.5. The van der Waals surface area contributed by atoms with Gasteiger partial charge in [0.1, 0.15) is 11.8 Å². The van der Waals surface area contributed by atoms with Gasteiger partial charge in [-0.25, -0.2) is 13.4 Å². The van der Waals surface area contributed by atoms with Gasteiger partial charge in [-0.05, 0) is 47.0 Å². The highest BCUT2D eigenvalue weighted by molar-refractivity contribution is 9.10. The summed E-state index contributed by atoms with van der Waals surface area (Å²) >= 11 is 2.93. The first-order valence-corrected chi connectivity index (χ1v) is 10.5. The first-order valence-electron chi connectivity index (χ1n) is 8.31. The fourth-order valence-corrected chi connectivity index (χ4v) is 5.51. The summed E-state index contributed by atoms with van der Waals surface area (Å²) in [5.74, 6) is 0.345. The van der Waals surface area contributed by atoms with Crippen molar-refractivity contribution in [3.8, 4) is 0 Å². The largest absolute Gasteiger partial charge is 0.444 e. The normalized spacial score (nSPS) is 14.1. The predicted molar refractivity (Wildman–Crippen MR) is 98.9 cm³/mol. The van der Waals surface area contributed by atoms with Gasteiger partial charge in [0.05, 0.1) is 23.3 Å². The van der Waals surface area contributed by atoms with E-state index < -0.39 is 34.4 Å². The average Bonchev–Trinajstić information content (AvgIpc) is 2.98. The van der Waals surface area contributed by atoms with Crippen LogP contribution in [0.15, 0.2) is 38.2 Å². The van der Waals surface area contributed by atoms with Gasteiger partial charge in [0, 0.05) is 11.0 Å². The van der Waals surface area contributed by atoms with E-state index in [4.69, 9.17) is 4.42 Å². The Balaban J connectivity index is 2.57. The van der Waals surface area contributed by atoms with Crippen LogP contribution in [0.3, 0.4) is 0 Å². The second kappa shape index (κ2) is 8.52. The molecule has 0 aliphatic carbocycles. The van der Waals surface area contributed by atoms with E-state index in [0.29, 0.717) is 17.9 Å². The second-order valence-electron chi connectivity index (χ2n) is 6.48. The Morgan fingerprint density at radius 3 is 2.39 bits per heavy atom. The van der Waals surface area contributed by atoms with Gasteiger partial charge in [0.2, 0.25) is 15.9 Å². The molecule has 6 nitrogen and oxygen atoms in total. The quantitative estimate of drug-likeness (QED) is 0.638. The SMILES string of the molecule is Cc1cnc(C(C(C)C)N(CCO)S(=O)(=O)c2ccc(C(F)(F)F)cc2Br)o1. The molecule has 0 radical (unpaired) electrons. The van der Waals surface area contributed by atoms with Gasteiger partial charge in [-0.15, -0.1) is 0 Å². The van der Waals surface area contributed by atoms with Gasteiger partial charge in [0.15, 0.2) is 0 Å². The number of nitrogens with zero attached hydrogens (tertiary/aromatic N) is 2. The molecule has 0 aliphatic heterocycles. The number of halogens is 4. The maximum absolute atomic E-state index is 13.3. The van der Waals surface area contributed by atoms with E-state index in [0.717, 1.165) is 10.4 Å². The topological polar surface area (TPSA) is 83.6 Å². The number of aryl methyl sites for hydroxylation is 1. The van der Waals surface area contributed by atoms with Crippen LogP contribution in [0.5, 0.6) is 0 Å². The van der Waals surface area contributed by atoms with Crippen LogP contribution >= 0.6 is 15.9 Å². The first kappa shape index (κ1) is 22.9. The maximum Gasteiger partial charge on any atom is 0.416 e. The smallest absolute Gasteiger partial charge is 0.416 e. The van der Waals surface area contributed by atoms with Gasteiger partial charge in [-0.1, -0.05) is 13.8 Å². The van der Waals surface area contributed by atoms with E-state index in [1.54, 1.807) is 20.8 Å². The van der Waals surface area contributed by atoms with Crippen molar-refractivity contribution in [3.63, 3.8) is 0 Å². The lowest BCUT2D eigenvalue weighted by molar-refractivity contribution is -0.137.